The fourth-order valence-electron chi connectivity index (χ4n) is 2.59. The zero-order valence-corrected chi connectivity index (χ0v) is 11.8. The van der Waals surface area contributed by atoms with E-state index in [4.69, 9.17) is 9.47 Å². The van der Waals surface area contributed by atoms with Crippen LogP contribution in [0.2, 0.25) is 0 Å². The quantitative estimate of drug-likeness (QED) is 0.841. The first-order valence-electron chi connectivity index (χ1n) is 6.67. The van der Waals surface area contributed by atoms with Crippen molar-refractivity contribution in [3.8, 4) is 11.5 Å². The number of rotatable bonds is 3. The molecule has 0 saturated carbocycles. The van der Waals surface area contributed by atoms with Gasteiger partial charge in [0.05, 0.1) is 14.2 Å². The predicted molar refractivity (Wildman–Crippen MR) is 73.8 cm³/mol. The van der Waals surface area contributed by atoms with Crippen LogP contribution in [0.3, 0.4) is 0 Å². The van der Waals surface area contributed by atoms with E-state index < -0.39 is 0 Å². The molecule has 0 aliphatic carbocycles. The van der Waals surface area contributed by atoms with Crippen molar-refractivity contribution in [3.63, 3.8) is 0 Å². The lowest BCUT2D eigenvalue weighted by atomic mass is 9.99. The van der Waals surface area contributed by atoms with E-state index in [-0.39, 0.29) is 5.91 Å². The molecule has 104 valence electrons. The zero-order valence-electron chi connectivity index (χ0n) is 11.8. The molecule has 2 rings (SSSR count). The molecule has 1 atom stereocenters. The van der Waals surface area contributed by atoms with Gasteiger partial charge in [0, 0.05) is 13.1 Å². The minimum Gasteiger partial charge on any atom is -0.496 e. The van der Waals surface area contributed by atoms with Crippen molar-refractivity contribution in [1.29, 1.82) is 0 Å². The lowest BCUT2D eigenvalue weighted by Crippen LogP contribution is -2.39. The highest BCUT2D eigenvalue weighted by Crippen LogP contribution is 2.30. The third-order valence-corrected chi connectivity index (χ3v) is 3.59. The largest absolute Gasteiger partial charge is 0.496 e. The van der Waals surface area contributed by atoms with Crippen LogP contribution >= 0.6 is 0 Å². The van der Waals surface area contributed by atoms with Crippen molar-refractivity contribution in [3.05, 3.63) is 23.8 Å². The molecule has 1 aromatic rings. The van der Waals surface area contributed by atoms with Crippen molar-refractivity contribution < 1.29 is 14.3 Å². The van der Waals surface area contributed by atoms with Crippen molar-refractivity contribution in [1.82, 2.24) is 4.90 Å². The summed E-state index contributed by atoms with van der Waals surface area (Å²) in [6.07, 6.45) is 2.25. The molecule has 0 N–H and O–H groups in total. The van der Waals surface area contributed by atoms with Crippen LogP contribution in [-0.4, -0.2) is 38.1 Å². The molecule has 0 radical (unpaired) electrons. The first-order valence-corrected chi connectivity index (χ1v) is 6.67. The Hall–Kier alpha value is -1.71. The van der Waals surface area contributed by atoms with Crippen LogP contribution < -0.4 is 9.47 Å². The predicted octanol–water partition coefficient (Wildman–Crippen LogP) is 2.58. The zero-order chi connectivity index (χ0) is 13.8. The molecule has 0 spiro atoms. The van der Waals surface area contributed by atoms with Crippen molar-refractivity contribution in [2.24, 2.45) is 5.92 Å². The summed E-state index contributed by atoms with van der Waals surface area (Å²) >= 11 is 0. The van der Waals surface area contributed by atoms with Crippen LogP contribution in [0.4, 0.5) is 0 Å². The number of carbonyl (C=O) groups is 1. The highest BCUT2D eigenvalue weighted by Gasteiger charge is 2.26. The third kappa shape index (κ3) is 2.83. The van der Waals surface area contributed by atoms with Crippen LogP contribution in [0, 0.1) is 5.92 Å². The Morgan fingerprint density at radius 2 is 1.89 bits per heavy atom. The fourth-order valence-corrected chi connectivity index (χ4v) is 2.59. The maximum absolute atomic E-state index is 12.7. The number of hydrogen-bond acceptors (Lipinski definition) is 3. The molecule has 1 aliphatic heterocycles. The Balaban J connectivity index is 2.31. The molecule has 0 bridgehead atoms. The van der Waals surface area contributed by atoms with Crippen LogP contribution in [0.5, 0.6) is 11.5 Å². The van der Waals surface area contributed by atoms with E-state index in [9.17, 15) is 4.79 Å². The standard InChI is InChI=1S/C15H21NO3/c1-11-6-5-9-16(10-11)15(17)14-12(18-2)7-4-8-13(14)19-3/h4,7-8,11H,5-6,9-10H2,1-3H3/t11-/m1/s1. The Kier molecular flexibility index (Phi) is 4.30. The monoisotopic (exact) mass is 263 g/mol. The van der Waals surface area contributed by atoms with E-state index in [0.717, 1.165) is 19.5 Å². The highest BCUT2D eigenvalue weighted by molar-refractivity contribution is 5.99. The topological polar surface area (TPSA) is 38.8 Å². The van der Waals surface area contributed by atoms with Gasteiger partial charge in [-0.15, -0.1) is 0 Å². The van der Waals surface area contributed by atoms with Gasteiger partial charge in [-0.25, -0.2) is 0 Å². The van der Waals surface area contributed by atoms with Gasteiger partial charge in [-0.1, -0.05) is 13.0 Å². The molecule has 4 nitrogen and oxygen atoms in total. The Bertz CT molecular complexity index is 436. The molecule has 0 unspecified atom stereocenters. The van der Waals surface area contributed by atoms with Gasteiger partial charge in [-0.3, -0.25) is 4.79 Å². The summed E-state index contributed by atoms with van der Waals surface area (Å²) in [6.45, 7) is 3.79. The molecular weight excluding hydrogens is 242 g/mol. The molecule has 4 heteroatoms. The van der Waals surface area contributed by atoms with E-state index in [1.807, 2.05) is 11.0 Å². The molecule has 19 heavy (non-hydrogen) atoms. The second-order valence-electron chi connectivity index (χ2n) is 5.04. The number of piperidine rings is 1. The number of amides is 1. The van der Waals surface area contributed by atoms with Crippen LogP contribution in [-0.2, 0) is 0 Å². The van der Waals surface area contributed by atoms with Crippen molar-refractivity contribution >= 4 is 5.91 Å². The lowest BCUT2D eigenvalue weighted by Gasteiger charge is -2.31. The summed E-state index contributed by atoms with van der Waals surface area (Å²) in [4.78, 5) is 14.6. The number of nitrogens with zero attached hydrogens (tertiary/aromatic N) is 1. The SMILES string of the molecule is COc1cccc(OC)c1C(=O)N1CCC[C@@H](C)C1. The Morgan fingerprint density at radius 3 is 2.42 bits per heavy atom. The Labute approximate surface area is 114 Å². The van der Waals surface area contributed by atoms with E-state index in [1.54, 1.807) is 26.4 Å². The second-order valence-corrected chi connectivity index (χ2v) is 5.04. The molecule has 1 aromatic carbocycles. The smallest absolute Gasteiger partial charge is 0.261 e. The van der Waals surface area contributed by atoms with E-state index in [0.29, 0.717) is 23.0 Å². The molecule has 0 aromatic heterocycles. The van der Waals surface area contributed by atoms with Crippen LogP contribution in [0.15, 0.2) is 18.2 Å². The number of ether oxygens (including phenoxy) is 2. The third-order valence-electron chi connectivity index (χ3n) is 3.59. The summed E-state index contributed by atoms with van der Waals surface area (Å²) < 4.78 is 10.6. The second kappa shape index (κ2) is 5.95. The summed E-state index contributed by atoms with van der Waals surface area (Å²) in [5.41, 5.74) is 0.529. The summed E-state index contributed by atoms with van der Waals surface area (Å²) in [6, 6.07) is 5.42. The average molecular weight is 263 g/mol. The maximum atomic E-state index is 12.7. The highest BCUT2D eigenvalue weighted by atomic mass is 16.5. The van der Waals surface area contributed by atoms with Gasteiger partial charge in [-0.2, -0.15) is 0 Å². The van der Waals surface area contributed by atoms with Gasteiger partial charge in [0.1, 0.15) is 17.1 Å². The first kappa shape index (κ1) is 13.7. The van der Waals surface area contributed by atoms with Gasteiger partial charge >= 0.3 is 0 Å². The molecule has 1 fully saturated rings. The summed E-state index contributed by atoms with van der Waals surface area (Å²) in [7, 11) is 3.15. The van der Waals surface area contributed by atoms with E-state index >= 15 is 0 Å². The molecule has 1 heterocycles. The van der Waals surface area contributed by atoms with Crippen LogP contribution in [0.25, 0.3) is 0 Å². The number of carbonyl (C=O) groups excluding carboxylic acids is 1. The first-order chi connectivity index (χ1) is 9.17. The van der Waals surface area contributed by atoms with Gasteiger partial charge in [-0.05, 0) is 30.9 Å². The summed E-state index contributed by atoms with van der Waals surface area (Å²) in [5.74, 6) is 1.70. The van der Waals surface area contributed by atoms with Gasteiger partial charge in [0.2, 0.25) is 0 Å². The summed E-state index contributed by atoms with van der Waals surface area (Å²) in [5, 5.41) is 0. The van der Waals surface area contributed by atoms with Crippen molar-refractivity contribution in [2.75, 3.05) is 27.3 Å². The Morgan fingerprint density at radius 1 is 1.26 bits per heavy atom. The van der Waals surface area contributed by atoms with Gasteiger partial charge < -0.3 is 14.4 Å². The van der Waals surface area contributed by atoms with Gasteiger partial charge in [0.25, 0.3) is 5.91 Å². The number of benzene rings is 1. The van der Waals surface area contributed by atoms with Crippen LogP contribution in [0.1, 0.15) is 30.1 Å². The molecule has 1 amide bonds. The minimum absolute atomic E-state index is 0.000787. The molecule has 1 aliphatic rings. The lowest BCUT2D eigenvalue weighted by molar-refractivity contribution is 0.0676. The number of likely N-dealkylation sites (tertiary alicyclic amines) is 1. The molecule has 1 saturated heterocycles. The number of hydrogen-bond donors (Lipinski definition) is 0. The van der Waals surface area contributed by atoms with Crippen molar-refractivity contribution in [2.45, 2.75) is 19.8 Å². The average Bonchev–Trinajstić information content (AvgIpc) is 2.45. The maximum Gasteiger partial charge on any atom is 0.261 e. The van der Waals surface area contributed by atoms with Gasteiger partial charge in [0.15, 0.2) is 0 Å². The normalized spacial score (nSPS) is 19.1. The molecular formula is C15H21NO3. The van der Waals surface area contributed by atoms with E-state index in [1.165, 1.54) is 6.42 Å². The van der Waals surface area contributed by atoms with E-state index in [2.05, 4.69) is 6.92 Å². The fraction of sp³-hybridized carbons (Fsp3) is 0.533. The number of methoxy groups -OCH3 is 2. The minimum atomic E-state index is 0.000787.